The summed E-state index contributed by atoms with van der Waals surface area (Å²) < 4.78 is 94.0. The standard InChI is InChI=1S/C53H67N9O12S2/c1-52(2,3)73-50(64)54-30-46(63)55-39-12-10-11-38(29-39)44-25-26-45(75(66,67)58-40-27-28-60(34-40)51(65)74-53(4,5)6)48(47(44)49-56-59-62(57-49)33-37-17-23-43(72-9)24-18-37)76(68,69)61(31-35-13-19-41(70-7)20-14-35)32-36-15-21-42(71-8)22-16-36/h13-26,29,39-40,58H,10-12,27-28,30-34H2,1-9H3,(H,54,64)(H,55,63)/t39-,40-/m1/s1. The molecule has 7 rings (SSSR count). The van der Waals surface area contributed by atoms with Gasteiger partial charge >= 0.3 is 12.2 Å². The molecule has 2 atom stereocenters. The molecule has 1 aliphatic heterocycles. The first-order valence-corrected chi connectivity index (χ1v) is 27.7. The number of carbonyl (C=O) groups excluding carboxylic acids is 3. The van der Waals surface area contributed by atoms with E-state index >= 15 is 16.8 Å². The van der Waals surface area contributed by atoms with E-state index in [2.05, 4.69) is 25.7 Å². The van der Waals surface area contributed by atoms with E-state index in [4.69, 9.17) is 28.8 Å². The molecule has 3 N–H and O–H groups in total. The van der Waals surface area contributed by atoms with Gasteiger partial charge in [-0.05, 0) is 143 Å². The van der Waals surface area contributed by atoms with Crippen LogP contribution in [0.4, 0.5) is 9.59 Å². The minimum absolute atomic E-state index is 0.0449. The summed E-state index contributed by atoms with van der Waals surface area (Å²) >= 11 is 0. The van der Waals surface area contributed by atoms with Gasteiger partial charge in [-0.1, -0.05) is 48.5 Å². The fourth-order valence-electron chi connectivity index (χ4n) is 8.67. The molecule has 0 saturated carbocycles. The van der Waals surface area contributed by atoms with E-state index in [1.54, 1.807) is 115 Å². The Balaban J connectivity index is 1.41. The summed E-state index contributed by atoms with van der Waals surface area (Å²) in [4.78, 5) is 40.3. The Labute approximate surface area is 444 Å². The molecular formula is C53H67N9O12S2. The molecule has 76 heavy (non-hydrogen) atoms. The van der Waals surface area contributed by atoms with Gasteiger partial charge in [0, 0.05) is 38.3 Å². The van der Waals surface area contributed by atoms with Crippen LogP contribution >= 0.6 is 0 Å². The number of likely N-dealkylation sites (tertiary alicyclic amines) is 1. The van der Waals surface area contributed by atoms with Crippen LogP contribution in [-0.2, 0) is 53.9 Å². The van der Waals surface area contributed by atoms with E-state index in [-0.39, 0.29) is 62.6 Å². The fourth-order valence-corrected chi connectivity index (χ4v) is 12.3. The summed E-state index contributed by atoms with van der Waals surface area (Å²) in [7, 11) is -5.21. The third kappa shape index (κ3) is 14.9. The van der Waals surface area contributed by atoms with Gasteiger partial charge in [0.2, 0.25) is 31.8 Å². The van der Waals surface area contributed by atoms with Gasteiger partial charge in [-0.25, -0.2) is 31.1 Å². The van der Waals surface area contributed by atoms with Crippen LogP contribution in [0.3, 0.4) is 0 Å². The van der Waals surface area contributed by atoms with Crippen LogP contribution in [0.5, 0.6) is 17.2 Å². The lowest BCUT2D eigenvalue weighted by Crippen LogP contribution is -2.43. The average Bonchev–Trinajstić information content (AvgIpc) is 4.05. The van der Waals surface area contributed by atoms with Gasteiger partial charge in [0.05, 0.1) is 33.4 Å². The number of rotatable bonds is 19. The number of aromatic nitrogens is 4. The molecule has 1 aliphatic carbocycles. The zero-order valence-corrected chi connectivity index (χ0v) is 45.9. The molecule has 1 saturated heterocycles. The molecule has 0 unspecified atom stereocenters. The Kier molecular flexibility index (Phi) is 17.8. The van der Waals surface area contributed by atoms with Crippen molar-refractivity contribution in [3.63, 3.8) is 0 Å². The number of hydrogen-bond donors (Lipinski definition) is 3. The van der Waals surface area contributed by atoms with Crippen molar-refractivity contribution in [3.8, 4) is 28.6 Å². The number of benzene rings is 4. The van der Waals surface area contributed by atoms with Crippen molar-refractivity contribution in [2.45, 2.75) is 120 Å². The summed E-state index contributed by atoms with van der Waals surface area (Å²) in [5.41, 5.74) is 0.983. The Hall–Kier alpha value is -7.08. The van der Waals surface area contributed by atoms with E-state index in [9.17, 15) is 14.4 Å². The second-order valence-corrected chi connectivity index (χ2v) is 24.0. The highest BCUT2D eigenvalue weighted by Crippen LogP contribution is 2.42. The van der Waals surface area contributed by atoms with Crippen LogP contribution in [0.25, 0.3) is 17.0 Å². The van der Waals surface area contributed by atoms with Gasteiger partial charge in [-0.15, -0.1) is 10.2 Å². The van der Waals surface area contributed by atoms with Crippen LogP contribution in [0, 0.1) is 0 Å². The molecule has 21 nitrogen and oxygen atoms in total. The van der Waals surface area contributed by atoms with E-state index in [1.165, 1.54) is 40.4 Å². The van der Waals surface area contributed by atoms with E-state index in [0.717, 1.165) is 5.56 Å². The van der Waals surface area contributed by atoms with Crippen LogP contribution in [-0.4, -0.2) is 129 Å². The molecule has 5 aromatic rings. The number of sulfonamides is 2. The van der Waals surface area contributed by atoms with Crippen molar-refractivity contribution in [1.82, 2.24) is 44.8 Å². The number of nitrogens with zero attached hydrogens (tertiary/aromatic N) is 6. The average molecular weight is 1090 g/mol. The molecule has 0 bridgehead atoms. The Morgan fingerprint density at radius 3 is 1.86 bits per heavy atom. The molecule has 23 heteroatoms. The summed E-state index contributed by atoms with van der Waals surface area (Å²) in [6, 6.07) is 22.2. The molecule has 4 aromatic carbocycles. The maximum absolute atomic E-state index is 16.3. The van der Waals surface area contributed by atoms with Gasteiger partial charge in [-0.2, -0.15) is 9.10 Å². The minimum Gasteiger partial charge on any atom is -0.497 e. The van der Waals surface area contributed by atoms with E-state index < -0.39 is 71.2 Å². The number of amides is 3. The van der Waals surface area contributed by atoms with Gasteiger partial charge in [-0.3, -0.25) is 4.79 Å². The van der Waals surface area contributed by atoms with Gasteiger partial charge < -0.3 is 39.2 Å². The third-order valence-corrected chi connectivity index (χ3v) is 15.8. The van der Waals surface area contributed by atoms with Crippen LogP contribution in [0.2, 0.25) is 0 Å². The quantitative estimate of drug-likeness (QED) is 0.0781. The zero-order valence-electron chi connectivity index (χ0n) is 44.3. The second kappa shape index (κ2) is 23.9. The number of nitrogens with one attached hydrogen (secondary N) is 3. The number of alkyl carbamates (subject to hydrolysis) is 1. The minimum atomic E-state index is -4.99. The lowest BCUT2D eigenvalue weighted by molar-refractivity contribution is -0.120. The molecule has 2 aliphatic rings. The van der Waals surface area contributed by atoms with Gasteiger partial charge in [0.1, 0.15) is 44.8 Å². The summed E-state index contributed by atoms with van der Waals surface area (Å²) in [5.74, 6) is 1.01. The SMILES string of the molecule is COc1ccc(CN(Cc2ccc(OC)cc2)S(=O)(=O)c2c(S(=O)(=O)N[C@@H]3CCN(C(=O)OC(C)(C)C)C3)ccc(C3=C[C@H](NC(=O)CNC(=O)OC(C)(C)C)CCC3)c2-c2nnn(Cc3ccc(OC)cc3)n2)cc1. The predicted octanol–water partition coefficient (Wildman–Crippen LogP) is 6.67. The molecule has 0 radical (unpaired) electrons. The van der Waals surface area contributed by atoms with E-state index in [1.807, 2.05) is 12.1 Å². The number of carbonyl (C=O) groups is 3. The molecule has 1 aromatic heterocycles. The van der Waals surface area contributed by atoms with E-state index in [0.29, 0.717) is 53.2 Å². The molecule has 408 valence electrons. The maximum Gasteiger partial charge on any atom is 0.410 e. The Morgan fingerprint density at radius 1 is 0.737 bits per heavy atom. The summed E-state index contributed by atoms with van der Waals surface area (Å²) in [6.45, 7) is 9.71. The van der Waals surface area contributed by atoms with Crippen molar-refractivity contribution in [2.24, 2.45) is 0 Å². The smallest absolute Gasteiger partial charge is 0.410 e. The van der Waals surface area contributed by atoms with Crippen LogP contribution < -0.4 is 29.6 Å². The molecule has 1 fully saturated rings. The van der Waals surface area contributed by atoms with Crippen LogP contribution in [0.15, 0.2) is 101 Å². The highest BCUT2D eigenvalue weighted by Gasteiger charge is 2.40. The van der Waals surface area contributed by atoms with Gasteiger partial charge in [0.15, 0.2) is 0 Å². The maximum atomic E-state index is 16.3. The van der Waals surface area contributed by atoms with Crippen molar-refractivity contribution >= 4 is 43.7 Å². The second-order valence-electron chi connectivity index (χ2n) is 20.4. The fraction of sp³-hybridized carbons (Fsp3) is 0.434. The first-order valence-electron chi connectivity index (χ1n) is 24.7. The first kappa shape index (κ1) is 56.6. The highest BCUT2D eigenvalue weighted by molar-refractivity contribution is 7.92. The third-order valence-electron chi connectivity index (χ3n) is 12.2. The van der Waals surface area contributed by atoms with Crippen LogP contribution in [0.1, 0.15) is 89.5 Å². The topological polar surface area (TPSA) is 252 Å². The summed E-state index contributed by atoms with van der Waals surface area (Å²) in [6.07, 6.45) is 2.01. The summed E-state index contributed by atoms with van der Waals surface area (Å²) in [5, 5.41) is 19.0. The number of methoxy groups -OCH3 is 3. The first-order chi connectivity index (χ1) is 35.9. The Morgan fingerprint density at radius 2 is 1.30 bits per heavy atom. The Bertz CT molecular complexity index is 3070. The lowest BCUT2D eigenvalue weighted by atomic mass is 9.88. The predicted molar refractivity (Wildman–Crippen MR) is 282 cm³/mol. The zero-order chi connectivity index (χ0) is 55.0. The molecule has 3 amide bonds. The largest absolute Gasteiger partial charge is 0.497 e. The van der Waals surface area contributed by atoms with Crippen molar-refractivity contribution in [3.05, 3.63) is 113 Å². The van der Waals surface area contributed by atoms with Crippen molar-refractivity contribution in [1.29, 1.82) is 0 Å². The monoisotopic (exact) mass is 1090 g/mol. The number of allylic oxidation sites excluding steroid dienone is 1. The normalized spacial score (nSPS) is 16.2. The molecule has 2 heterocycles. The van der Waals surface area contributed by atoms with Crippen molar-refractivity contribution < 1.29 is 54.9 Å². The van der Waals surface area contributed by atoms with Gasteiger partial charge in [0.25, 0.3) is 0 Å². The number of hydrogen-bond acceptors (Lipinski definition) is 15. The highest BCUT2D eigenvalue weighted by atomic mass is 32.2. The van der Waals surface area contributed by atoms with Crippen molar-refractivity contribution in [2.75, 3.05) is 41.0 Å². The molecule has 0 spiro atoms. The lowest BCUT2D eigenvalue weighted by Gasteiger charge is -2.28. The molecular weight excluding hydrogens is 1020 g/mol. The number of tetrazole rings is 1. The number of ether oxygens (including phenoxy) is 5.